The van der Waals surface area contributed by atoms with Gasteiger partial charge in [0.05, 0.1) is 21.3 Å². The maximum Gasteiger partial charge on any atom is 0.161 e. The van der Waals surface area contributed by atoms with Crippen molar-refractivity contribution in [3.05, 3.63) is 53.1 Å². The van der Waals surface area contributed by atoms with Crippen LogP contribution in [-0.2, 0) is 12.8 Å². The number of hydrogen-bond acceptors (Lipinski definition) is 4. The van der Waals surface area contributed by atoms with E-state index in [-0.39, 0.29) is 0 Å². The Bertz CT molecular complexity index is 737. The number of methoxy groups -OCH3 is 3. The summed E-state index contributed by atoms with van der Waals surface area (Å²) in [5.74, 6) is 2.40. The largest absolute Gasteiger partial charge is 0.496 e. The minimum absolute atomic E-state index is 0.737. The van der Waals surface area contributed by atoms with Gasteiger partial charge in [-0.2, -0.15) is 0 Å². The van der Waals surface area contributed by atoms with Gasteiger partial charge in [-0.1, -0.05) is 18.2 Å². The van der Waals surface area contributed by atoms with Crippen LogP contribution in [0.1, 0.15) is 16.7 Å². The average molecular weight is 311 g/mol. The number of nitrogens with zero attached hydrogens (tertiary/aromatic N) is 1. The maximum atomic E-state index is 5.46. The van der Waals surface area contributed by atoms with E-state index in [9.17, 15) is 0 Å². The Hall–Kier alpha value is -2.49. The normalized spacial score (nSPS) is 13.1. The lowest BCUT2D eigenvalue weighted by Crippen LogP contribution is -2.16. The number of rotatable bonds is 5. The zero-order chi connectivity index (χ0) is 16.2. The molecule has 0 spiro atoms. The fourth-order valence-corrected chi connectivity index (χ4v) is 2.97. The van der Waals surface area contributed by atoms with E-state index in [1.165, 1.54) is 5.56 Å². The van der Waals surface area contributed by atoms with Crippen molar-refractivity contribution >= 4 is 5.71 Å². The summed E-state index contributed by atoms with van der Waals surface area (Å²) in [6, 6.07) is 12.2. The topological polar surface area (TPSA) is 40.0 Å². The summed E-state index contributed by atoms with van der Waals surface area (Å²) in [6.07, 6.45) is 1.66. The van der Waals surface area contributed by atoms with Gasteiger partial charge < -0.3 is 14.2 Å². The van der Waals surface area contributed by atoms with Crippen molar-refractivity contribution in [2.75, 3.05) is 27.9 Å². The van der Waals surface area contributed by atoms with Crippen LogP contribution >= 0.6 is 0 Å². The van der Waals surface area contributed by atoms with Crippen molar-refractivity contribution in [3.63, 3.8) is 0 Å². The summed E-state index contributed by atoms with van der Waals surface area (Å²) in [4.78, 5) is 4.74. The van der Waals surface area contributed by atoms with Gasteiger partial charge in [0.1, 0.15) is 5.75 Å². The number of ether oxygens (including phenoxy) is 3. The molecule has 1 aliphatic rings. The zero-order valence-corrected chi connectivity index (χ0v) is 13.8. The number of benzene rings is 2. The second kappa shape index (κ2) is 6.73. The molecule has 4 nitrogen and oxygen atoms in total. The van der Waals surface area contributed by atoms with Crippen molar-refractivity contribution in [2.24, 2.45) is 4.99 Å². The van der Waals surface area contributed by atoms with Gasteiger partial charge in [0.15, 0.2) is 11.5 Å². The molecule has 0 aromatic heterocycles. The van der Waals surface area contributed by atoms with E-state index < -0.39 is 0 Å². The second-order valence-electron chi connectivity index (χ2n) is 5.43. The van der Waals surface area contributed by atoms with Gasteiger partial charge in [-0.05, 0) is 30.2 Å². The third-order valence-corrected chi connectivity index (χ3v) is 4.15. The number of hydrogen-bond donors (Lipinski definition) is 0. The summed E-state index contributed by atoms with van der Waals surface area (Å²) in [7, 11) is 5.02. The van der Waals surface area contributed by atoms with Gasteiger partial charge in [-0.25, -0.2) is 0 Å². The van der Waals surface area contributed by atoms with Crippen LogP contribution in [0.25, 0.3) is 0 Å². The standard InChI is InChI=1S/C19H21NO3/c1-21-17-7-5-4-6-14(17)10-16-15-12-19(23-3)18(22-2)11-13(15)8-9-20-16/h4-7,11-12H,8-10H2,1-3H3. The summed E-state index contributed by atoms with van der Waals surface area (Å²) in [6.45, 7) is 0.799. The van der Waals surface area contributed by atoms with Crippen LogP contribution in [0, 0.1) is 0 Å². The van der Waals surface area contributed by atoms with E-state index in [0.29, 0.717) is 0 Å². The smallest absolute Gasteiger partial charge is 0.161 e. The van der Waals surface area contributed by atoms with Gasteiger partial charge in [-0.3, -0.25) is 4.99 Å². The molecule has 23 heavy (non-hydrogen) atoms. The van der Waals surface area contributed by atoms with Gasteiger partial charge in [-0.15, -0.1) is 0 Å². The molecular weight excluding hydrogens is 290 g/mol. The zero-order valence-electron chi connectivity index (χ0n) is 13.8. The van der Waals surface area contributed by atoms with Crippen LogP contribution in [0.5, 0.6) is 17.2 Å². The van der Waals surface area contributed by atoms with Crippen LogP contribution in [0.4, 0.5) is 0 Å². The van der Waals surface area contributed by atoms with E-state index in [1.54, 1.807) is 21.3 Å². The van der Waals surface area contributed by atoms with E-state index in [1.807, 2.05) is 24.3 Å². The molecule has 0 bridgehead atoms. The Kier molecular flexibility index (Phi) is 4.51. The summed E-state index contributed by atoms with van der Waals surface area (Å²) < 4.78 is 16.3. The van der Waals surface area contributed by atoms with Crippen LogP contribution < -0.4 is 14.2 Å². The van der Waals surface area contributed by atoms with Crippen molar-refractivity contribution < 1.29 is 14.2 Å². The molecule has 0 unspecified atom stereocenters. The number of aliphatic imine (C=N–C) groups is 1. The monoisotopic (exact) mass is 311 g/mol. The minimum Gasteiger partial charge on any atom is -0.496 e. The predicted molar refractivity (Wildman–Crippen MR) is 91.4 cm³/mol. The molecule has 0 saturated heterocycles. The Morgan fingerprint density at radius 3 is 2.35 bits per heavy atom. The van der Waals surface area contributed by atoms with E-state index in [4.69, 9.17) is 19.2 Å². The molecule has 0 radical (unpaired) electrons. The molecule has 0 aliphatic carbocycles. The molecule has 120 valence electrons. The highest BCUT2D eigenvalue weighted by atomic mass is 16.5. The lowest BCUT2D eigenvalue weighted by atomic mass is 9.93. The third-order valence-electron chi connectivity index (χ3n) is 4.15. The molecule has 2 aromatic rings. The lowest BCUT2D eigenvalue weighted by molar-refractivity contribution is 0.354. The summed E-state index contributed by atoms with van der Waals surface area (Å²) in [5.41, 5.74) is 4.59. The van der Waals surface area contributed by atoms with Gasteiger partial charge in [0, 0.05) is 29.8 Å². The molecule has 0 saturated carbocycles. The highest BCUT2D eigenvalue weighted by Gasteiger charge is 2.19. The Labute approximate surface area is 136 Å². The van der Waals surface area contributed by atoms with Crippen LogP contribution in [0.15, 0.2) is 41.4 Å². The molecule has 0 fully saturated rings. The van der Waals surface area contributed by atoms with Gasteiger partial charge in [0.2, 0.25) is 0 Å². The van der Waals surface area contributed by atoms with Crippen LogP contribution in [0.2, 0.25) is 0 Å². The van der Waals surface area contributed by atoms with Crippen molar-refractivity contribution in [3.8, 4) is 17.2 Å². The molecule has 0 N–H and O–H groups in total. The number of para-hydroxylation sites is 1. The highest BCUT2D eigenvalue weighted by molar-refractivity contribution is 6.04. The molecule has 1 aliphatic heterocycles. The Balaban J connectivity index is 1.98. The highest BCUT2D eigenvalue weighted by Crippen LogP contribution is 2.33. The molecule has 0 amide bonds. The molecule has 4 heteroatoms. The maximum absolute atomic E-state index is 5.46. The second-order valence-corrected chi connectivity index (χ2v) is 5.43. The van der Waals surface area contributed by atoms with Crippen molar-refractivity contribution in [1.82, 2.24) is 0 Å². The molecule has 2 aromatic carbocycles. The fourth-order valence-electron chi connectivity index (χ4n) is 2.97. The first-order chi connectivity index (χ1) is 11.3. The third kappa shape index (κ3) is 3.02. The Morgan fingerprint density at radius 2 is 1.61 bits per heavy atom. The van der Waals surface area contributed by atoms with Gasteiger partial charge >= 0.3 is 0 Å². The van der Waals surface area contributed by atoms with E-state index in [0.717, 1.165) is 53.5 Å². The Morgan fingerprint density at radius 1 is 0.913 bits per heavy atom. The van der Waals surface area contributed by atoms with E-state index in [2.05, 4.69) is 12.1 Å². The summed E-state index contributed by atoms with van der Waals surface area (Å²) >= 11 is 0. The van der Waals surface area contributed by atoms with Crippen molar-refractivity contribution in [1.29, 1.82) is 0 Å². The van der Waals surface area contributed by atoms with Gasteiger partial charge in [0.25, 0.3) is 0 Å². The molecule has 0 atom stereocenters. The number of fused-ring (bicyclic) bond motifs is 1. The predicted octanol–water partition coefficient (Wildman–Crippen LogP) is 3.30. The van der Waals surface area contributed by atoms with Crippen molar-refractivity contribution in [2.45, 2.75) is 12.8 Å². The first-order valence-corrected chi connectivity index (χ1v) is 7.67. The van der Waals surface area contributed by atoms with E-state index >= 15 is 0 Å². The van der Waals surface area contributed by atoms with Crippen LogP contribution in [0.3, 0.4) is 0 Å². The quantitative estimate of drug-likeness (QED) is 0.850. The lowest BCUT2D eigenvalue weighted by Gasteiger charge is -2.20. The SMILES string of the molecule is COc1ccccc1CC1=NCCc2cc(OC)c(OC)cc21. The first-order valence-electron chi connectivity index (χ1n) is 7.67. The van der Waals surface area contributed by atoms with Crippen LogP contribution in [-0.4, -0.2) is 33.6 Å². The molecule has 3 rings (SSSR count). The fraction of sp³-hybridized carbons (Fsp3) is 0.316. The minimum atomic E-state index is 0.737. The summed E-state index contributed by atoms with van der Waals surface area (Å²) in [5, 5.41) is 0. The average Bonchev–Trinajstić information content (AvgIpc) is 2.61. The molecule has 1 heterocycles. The molecular formula is C19H21NO3. The first kappa shape index (κ1) is 15.4.